The van der Waals surface area contributed by atoms with Crippen LogP contribution >= 0.6 is 23.4 Å². The maximum absolute atomic E-state index is 5.90. The van der Waals surface area contributed by atoms with Crippen LogP contribution in [-0.2, 0) is 5.75 Å². The quantitative estimate of drug-likeness (QED) is 0.810. The van der Waals surface area contributed by atoms with Crippen LogP contribution in [0, 0.1) is 6.92 Å². The summed E-state index contributed by atoms with van der Waals surface area (Å²) in [6.45, 7) is 2.08. The van der Waals surface area contributed by atoms with Crippen LogP contribution < -0.4 is 4.90 Å². The van der Waals surface area contributed by atoms with Crippen molar-refractivity contribution in [2.24, 2.45) is 0 Å². The molecule has 19 heavy (non-hydrogen) atoms. The molecular weight excluding hydrogens is 280 g/mol. The van der Waals surface area contributed by atoms with Gasteiger partial charge >= 0.3 is 0 Å². The Labute approximate surface area is 122 Å². The van der Waals surface area contributed by atoms with Crippen molar-refractivity contribution >= 4 is 29.3 Å². The molecule has 4 nitrogen and oxygen atoms in total. The van der Waals surface area contributed by atoms with E-state index in [-0.39, 0.29) is 5.28 Å². The molecule has 0 unspecified atom stereocenters. The van der Waals surface area contributed by atoms with Gasteiger partial charge in [-0.05, 0) is 24.1 Å². The van der Waals surface area contributed by atoms with Gasteiger partial charge in [0.15, 0.2) is 5.16 Å². The average Bonchev–Trinajstić information content (AvgIpc) is 2.36. The summed E-state index contributed by atoms with van der Waals surface area (Å²) in [7, 11) is 3.75. The topological polar surface area (TPSA) is 41.9 Å². The second-order valence-electron chi connectivity index (χ2n) is 4.36. The zero-order valence-electron chi connectivity index (χ0n) is 11.1. The molecule has 0 radical (unpaired) electrons. The summed E-state index contributed by atoms with van der Waals surface area (Å²) in [6, 6.07) is 8.38. The van der Waals surface area contributed by atoms with E-state index in [0.717, 1.165) is 5.75 Å². The molecule has 2 aromatic rings. The maximum atomic E-state index is 5.90. The monoisotopic (exact) mass is 294 g/mol. The van der Waals surface area contributed by atoms with Crippen molar-refractivity contribution in [3.05, 3.63) is 40.7 Å². The van der Waals surface area contributed by atoms with Gasteiger partial charge in [0, 0.05) is 19.8 Å². The van der Waals surface area contributed by atoms with Crippen LogP contribution in [0.15, 0.2) is 29.4 Å². The van der Waals surface area contributed by atoms with E-state index in [1.807, 2.05) is 19.0 Å². The average molecular weight is 295 g/mol. The number of rotatable bonds is 4. The van der Waals surface area contributed by atoms with E-state index < -0.39 is 0 Å². The first kappa shape index (κ1) is 14.1. The molecule has 0 aliphatic carbocycles. The molecule has 0 atom stereocenters. The molecule has 1 heterocycles. The van der Waals surface area contributed by atoms with Crippen molar-refractivity contribution in [1.29, 1.82) is 0 Å². The number of aromatic nitrogens is 3. The van der Waals surface area contributed by atoms with Gasteiger partial charge in [-0.3, -0.25) is 0 Å². The minimum atomic E-state index is 0.227. The molecule has 0 bridgehead atoms. The van der Waals surface area contributed by atoms with Crippen molar-refractivity contribution in [3.63, 3.8) is 0 Å². The Morgan fingerprint density at radius 1 is 1.21 bits per heavy atom. The van der Waals surface area contributed by atoms with E-state index in [9.17, 15) is 0 Å². The van der Waals surface area contributed by atoms with Crippen LogP contribution in [0.1, 0.15) is 11.1 Å². The lowest BCUT2D eigenvalue weighted by molar-refractivity contribution is 0.865. The fraction of sp³-hybridized carbons (Fsp3) is 0.308. The highest BCUT2D eigenvalue weighted by Crippen LogP contribution is 2.22. The van der Waals surface area contributed by atoms with Gasteiger partial charge in [-0.1, -0.05) is 41.6 Å². The highest BCUT2D eigenvalue weighted by atomic mass is 35.5. The lowest BCUT2D eigenvalue weighted by Crippen LogP contribution is -2.13. The van der Waals surface area contributed by atoms with Crippen molar-refractivity contribution in [3.8, 4) is 0 Å². The van der Waals surface area contributed by atoms with Crippen molar-refractivity contribution in [2.45, 2.75) is 17.8 Å². The van der Waals surface area contributed by atoms with Crippen LogP contribution in [0.4, 0.5) is 5.95 Å². The van der Waals surface area contributed by atoms with E-state index in [2.05, 4.69) is 46.1 Å². The standard InChI is InChI=1S/C13H15ClN4S/c1-9-5-4-6-10(7-9)8-19-13-16-11(14)15-12(17-13)18(2)3/h4-7H,8H2,1-3H3. The molecule has 100 valence electrons. The first-order chi connectivity index (χ1) is 9.04. The van der Waals surface area contributed by atoms with Gasteiger partial charge in [0.2, 0.25) is 11.2 Å². The number of hydrogen-bond acceptors (Lipinski definition) is 5. The molecule has 2 rings (SSSR count). The third-order valence-corrected chi connectivity index (χ3v) is 3.51. The number of aryl methyl sites for hydroxylation is 1. The maximum Gasteiger partial charge on any atom is 0.230 e. The Balaban J connectivity index is 2.11. The van der Waals surface area contributed by atoms with E-state index in [1.54, 1.807) is 11.8 Å². The zero-order chi connectivity index (χ0) is 13.8. The first-order valence-corrected chi connectivity index (χ1v) is 7.18. The fourth-order valence-corrected chi connectivity index (χ4v) is 2.51. The summed E-state index contributed by atoms with van der Waals surface area (Å²) < 4.78 is 0. The summed E-state index contributed by atoms with van der Waals surface area (Å²) >= 11 is 7.45. The smallest absolute Gasteiger partial charge is 0.230 e. The van der Waals surface area contributed by atoms with Gasteiger partial charge in [-0.25, -0.2) is 0 Å². The molecule has 0 spiro atoms. The third kappa shape index (κ3) is 4.08. The molecule has 0 saturated carbocycles. The number of hydrogen-bond donors (Lipinski definition) is 0. The Bertz CT molecular complexity index is 574. The Morgan fingerprint density at radius 3 is 2.68 bits per heavy atom. The largest absolute Gasteiger partial charge is 0.347 e. The van der Waals surface area contributed by atoms with E-state index >= 15 is 0 Å². The van der Waals surface area contributed by atoms with Crippen molar-refractivity contribution in [2.75, 3.05) is 19.0 Å². The van der Waals surface area contributed by atoms with Crippen LogP contribution in [0.5, 0.6) is 0 Å². The second kappa shape index (κ2) is 6.21. The van der Waals surface area contributed by atoms with Gasteiger partial charge in [0.05, 0.1) is 0 Å². The second-order valence-corrected chi connectivity index (χ2v) is 5.64. The lowest BCUT2D eigenvalue weighted by Gasteiger charge is -2.10. The fourth-order valence-electron chi connectivity index (χ4n) is 1.54. The van der Waals surface area contributed by atoms with E-state index in [1.165, 1.54) is 11.1 Å². The molecule has 1 aromatic heterocycles. The molecule has 0 aliphatic heterocycles. The zero-order valence-corrected chi connectivity index (χ0v) is 12.7. The minimum absolute atomic E-state index is 0.227. The SMILES string of the molecule is Cc1cccc(CSc2nc(Cl)nc(N(C)C)n2)c1. The number of nitrogens with zero attached hydrogens (tertiary/aromatic N) is 4. The summed E-state index contributed by atoms with van der Waals surface area (Å²) in [5, 5.41) is 0.871. The molecule has 0 aliphatic rings. The molecule has 0 N–H and O–H groups in total. The summed E-state index contributed by atoms with van der Waals surface area (Å²) in [5.74, 6) is 1.39. The highest BCUT2D eigenvalue weighted by Gasteiger charge is 2.07. The predicted octanol–water partition coefficient (Wildman–Crippen LogP) is 3.19. The predicted molar refractivity (Wildman–Crippen MR) is 79.9 cm³/mol. The molecule has 6 heteroatoms. The highest BCUT2D eigenvalue weighted by molar-refractivity contribution is 7.98. The minimum Gasteiger partial charge on any atom is -0.347 e. The molecule has 0 saturated heterocycles. The number of thioether (sulfide) groups is 1. The Hall–Kier alpha value is -1.33. The van der Waals surface area contributed by atoms with Crippen LogP contribution in [0.2, 0.25) is 5.28 Å². The van der Waals surface area contributed by atoms with Gasteiger partial charge in [0.25, 0.3) is 0 Å². The molecule has 0 fully saturated rings. The van der Waals surface area contributed by atoms with Gasteiger partial charge < -0.3 is 4.90 Å². The summed E-state index contributed by atoms with van der Waals surface area (Å²) in [5.41, 5.74) is 2.49. The Kier molecular flexibility index (Phi) is 4.61. The lowest BCUT2D eigenvalue weighted by atomic mass is 10.2. The van der Waals surface area contributed by atoms with Gasteiger partial charge in [0.1, 0.15) is 0 Å². The molecule has 0 amide bonds. The van der Waals surface area contributed by atoms with Gasteiger partial charge in [-0.2, -0.15) is 15.0 Å². The number of benzene rings is 1. The first-order valence-electron chi connectivity index (χ1n) is 5.82. The normalized spacial score (nSPS) is 10.5. The number of anilines is 1. The number of halogens is 1. The van der Waals surface area contributed by atoms with Crippen molar-refractivity contribution in [1.82, 2.24) is 15.0 Å². The van der Waals surface area contributed by atoms with Crippen LogP contribution in [-0.4, -0.2) is 29.0 Å². The summed E-state index contributed by atoms with van der Waals surface area (Å²) in [6.07, 6.45) is 0. The molecular formula is C13H15ClN4S. The Morgan fingerprint density at radius 2 is 2.00 bits per heavy atom. The van der Waals surface area contributed by atoms with E-state index in [0.29, 0.717) is 11.1 Å². The van der Waals surface area contributed by atoms with Crippen LogP contribution in [0.25, 0.3) is 0 Å². The van der Waals surface area contributed by atoms with Crippen molar-refractivity contribution < 1.29 is 0 Å². The van der Waals surface area contributed by atoms with E-state index in [4.69, 9.17) is 11.6 Å². The van der Waals surface area contributed by atoms with Gasteiger partial charge in [-0.15, -0.1) is 0 Å². The third-order valence-electron chi connectivity index (χ3n) is 2.43. The van der Waals surface area contributed by atoms with Crippen LogP contribution in [0.3, 0.4) is 0 Å². The summed E-state index contributed by atoms with van der Waals surface area (Å²) in [4.78, 5) is 14.4. The molecule has 1 aromatic carbocycles.